The first-order chi connectivity index (χ1) is 13.8. The molecule has 6 heteroatoms. The molecule has 0 saturated heterocycles. The van der Waals surface area contributed by atoms with Gasteiger partial charge in [0.25, 0.3) is 0 Å². The molecule has 0 N–H and O–H groups in total. The highest BCUT2D eigenvalue weighted by atomic mass is 32.1. The Kier molecular flexibility index (Phi) is 6.01. The van der Waals surface area contributed by atoms with Crippen LogP contribution in [0.4, 0.5) is 0 Å². The number of hydrogen-bond acceptors (Lipinski definition) is 6. The summed E-state index contributed by atoms with van der Waals surface area (Å²) < 4.78 is 5.77. The van der Waals surface area contributed by atoms with Gasteiger partial charge in [0.1, 0.15) is 10.8 Å². The van der Waals surface area contributed by atoms with Gasteiger partial charge in [0, 0.05) is 37.1 Å². The van der Waals surface area contributed by atoms with Gasteiger partial charge in [-0.2, -0.15) is 0 Å². The minimum atomic E-state index is 0.351. The first kappa shape index (κ1) is 18.3. The van der Waals surface area contributed by atoms with Crippen molar-refractivity contribution in [2.75, 3.05) is 0 Å². The molecule has 140 valence electrons. The highest BCUT2D eigenvalue weighted by molar-refractivity contribution is 7.09. The van der Waals surface area contributed by atoms with Crippen LogP contribution in [0.1, 0.15) is 16.1 Å². The van der Waals surface area contributed by atoms with Gasteiger partial charge in [-0.15, -0.1) is 11.3 Å². The van der Waals surface area contributed by atoms with E-state index in [2.05, 4.69) is 50.2 Å². The summed E-state index contributed by atoms with van der Waals surface area (Å²) >= 11 is 1.68. The molecule has 0 spiro atoms. The Morgan fingerprint density at radius 3 is 2.32 bits per heavy atom. The number of benzene rings is 2. The van der Waals surface area contributed by atoms with Crippen molar-refractivity contribution in [3.63, 3.8) is 0 Å². The summed E-state index contributed by atoms with van der Waals surface area (Å²) in [7, 11) is 0. The normalized spacial score (nSPS) is 10.9. The molecule has 2 aromatic heterocycles. The van der Waals surface area contributed by atoms with Crippen LogP contribution in [0.5, 0.6) is 11.8 Å². The Hall–Kier alpha value is -3.09. The van der Waals surface area contributed by atoms with Crippen molar-refractivity contribution in [2.24, 2.45) is 0 Å². The minimum absolute atomic E-state index is 0.351. The van der Waals surface area contributed by atoms with E-state index in [9.17, 15) is 0 Å². The molecule has 0 aliphatic rings. The SMILES string of the molecule is c1ccc(CN(Cc2cccc(Oc3ncccn3)c2)Cc2nccs2)cc1. The maximum Gasteiger partial charge on any atom is 0.321 e. The first-order valence-electron chi connectivity index (χ1n) is 9.03. The predicted octanol–water partition coefficient (Wildman–Crippen LogP) is 4.93. The number of nitrogens with zero attached hydrogens (tertiary/aromatic N) is 4. The summed E-state index contributed by atoms with van der Waals surface area (Å²) in [6, 6.07) is 20.7. The predicted molar refractivity (Wildman–Crippen MR) is 110 cm³/mol. The van der Waals surface area contributed by atoms with E-state index in [-0.39, 0.29) is 0 Å². The zero-order valence-electron chi connectivity index (χ0n) is 15.3. The van der Waals surface area contributed by atoms with Crippen molar-refractivity contribution in [1.82, 2.24) is 19.9 Å². The molecular weight excluding hydrogens is 368 g/mol. The van der Waals surface area contributed by atoms with E-state index in [0.29, 0.717) is 6.01 Å². The van der Waals surface area contributed by atoms with Crippen molar-refractivity contribution < 1.29 is 4.74 Å². The largest absolute Gasteiger partial charge is 0.424 e. The molecule has 0 aliphatic carbocycles. The van der Waals surface area contributed by atoms with Gasteiger partial charge in [-0.3, -0.25) is 4.90 Å². The quantitative estimate of drug-likeness (QED) is 0.428. The second kappa shape index (κ2) is 9.21. The van der Waals surface area contributed by atoms with E-state index in [1.54, 1.807) is 29.8 Å². The zero-order valence-corrected chi connectivity index (χ0v) is 16.1. The molecule has 4 aromatic rings. The van der Waals surface area contributed by atoms with Crippen LogP contribution in [0, 0.1) is 0 Å². The molecule has 0 saturated carbocycles. The lowest BCUT2D eigenvalue weighted by atomic mass is 10.1. The van der Waals surface area contributed by atoms with Crippen LogP contribution in [0.2, 0.25) is 0 Å². The van der Waals surface area contributed by atoms with Gasteiger partial charge in [0.05, 0.1) is 6.54 Å². The van der Waals surface area contributed by atoms with Crippen molar-refractivity contribution in [1.29, 1.82) is 0 Å². The number of thiazole rings is 1. The third-order valence-electron chi connectivity index (χ3n) is 4.15. The fraction of sp³-hybridized carbons (Fsp3) is 0.136. The van der Waals surface area contributed by atoms with Crippen LogP contribution in [0.15, 0.2) is 84.6 Å². The lowest BCUT2D eigenvalue weighted by Crippen LogP contribution is -2.22. The second-order valence-corrected chi connectivity index (χ2v) is 7.32. The number of aromatic nitrogens is 3. The number of hydrogen-bond donors (Lipinski definition) is 0. The van der Waals surface area contributed by atoms with E-state index in [1.165, 1.54) is 11.1 Å². The summed E-state index contributed by atoms with van der Waals surface area (Å²) in [6.07, 6.45) is 5.19. The lowest BCUT2D eigenvalue weighted by Gasteiger charge is -2.22. The molecule has 0 amide bonds. The smallest absolute Gasteiger partial charge is 0.321 e. The average molecular weight is 388 g/mol. The number of rotatable bonds is 8. The van der Waals surface area contributed by atoms with E-state index in [1.807, 2.05) is 35.8 Å². The van der Waals surface area contributed by atoms with Crippen LogP contribution in [0.25, 0.3) is 0 Å². The highest BCUT2D eigenvalue weighted by Crippen LogP contribution is 2.21. The summed E-state index contributed by atoms with van der Waals surface area (Å²) in [6.45, 7) is 2.45. The maximum absolute atomic E-state index is 5.77. The molecule has 0 bridgehead atoms. The molecular formula is C22H20N4OS. The van der Waals surface area contributed by atoms with Gasteiger partial charge in [-0.05, 0) is 29.3 Å². The molecule has 0 aliphatic heterocycles. The molecule has 0 atom stereocenters. The van der Waals surface area contributed by atoms with E-state index < -0.39 is 0 Å². The van der Waals surface area contributed by atoms with E-state index >= 15 is 0 Å². The van der Waals surface area contributed by atoms with Gasteiger partial charge < -0.3 is 4.74 Å². The molecule has 0 fully saturated rings. The van der Waals surface area contributed by atoms with Crippen molar-refractivity contribution in [3.05, 3.63) is 101 Å². The van der Waals surface area contributed by atoms with Crippen LogP contribution in [-0.4, -0.2) is 19.9 Å². The highest BCUT2D eigenvalue weighted by Gasteiger charge is 2.11. The van der Waals surface area contributed by atoms with Crippen LogP contribution >= 0.6 is 11.3 Å². The lowest BCUT2D eigenvalue weighted by molar-refractivity contribution is 0.247. The van der Waals surface area contributed by atoms with Crippen molar-refractivity contribution in [2.45, 2.75) is 19.6 Å². The Balaban J connectivity index is 1.50. The topological polar surface area (TPSA) is 51.1 Å². The third-order valence-corrected chi connectivity index (χ3v) is 4.91. The van der Waals surface area contributed by atoms with E-state index in [4.69, 9.17) is 4.74 Å². The minimum Gasteiger partial charge on any atom is -0.424 e. The van der Waals surface area contributed by atoms with Crippen LogP contribution < -0.4 is 4.74 Å². The summed E-state index contributed by atoms with van der Waals surface area (Å²) in [5, 5.41) is 3.13. The average Bonchev–Trinajstić information content (AvgIpc) is 3.23. The van der Waals surface area contributed by atoms with Crippen LogP contribution in [-0.2, 0) is 19.6 Å². The molecule has 2 aromatic carbocycles. The third kappa shape index (κ3) is 5.22. The van der Waals surface area contributed by atoms with E-state index in [0.717, 1.165) is 30.4 Å². The molecule has 0 radical (unpaired) electrons. The van der Waals surface area contributed by atoms with Gasteiger partial charge in [0.15, 0.2) is 0 Å². The van der Waals surface area contributed by atoms with Crippen molar-refractivity contribution in [3.8, 4) is 11.8 Å². The maximum atomic E-state index is 5.77. The van der Waals surface area contributed by atoms with Gasteiger partial charge >= 0.3 is 6.01 Å². The Morgan fingerprint density at radius 1 is 0.750 bits per heavy atom. The standard InChI is InChI=1S/C22H20N4OS/c1-2-6-18(7-3-1)15-26(17-21-23-12-13-28-21)16-19-8-4-9-20(14-19)27-22-24-10-5-11-25-22/h1-14H,15-17H2. The van der Waals surface area contributed by atoms with Gasteiger partial charge in [-0.1, -0.05) is 42.5 Å². The molecule has 5 nitrogen and oxygen atoms in total. The zero-order chi connectivity index (χ0) is 19.0. The number of ether oxygens (including phenoxy) is 1. The molecule has 28 heavy (non-hydrogen) atoms. The first-order valence-corrected chi connectivity index (χ1v) is 9.91. The Bertz CT molecular complexity index is 978. The summed E-state index contributed by atoms with van der Waals surface area (Å²) in [5.41, 5.74) is 2.45. The summed E-state index contributed by atoms with van der Waals surface area (Å²) in [5.74, 6) is 0.734. The fourth-order valence-corrected chi connectivity index (χ4v) is 3.60. The Morgan fingerprint density at radius 2 is 1.54 bits per heavy atom. The van der Waals surface area contributed by atoms with Gasteiger partial charge in [-0.25, -0.2) is 15.0 Å². The second-order valence-electron chi connectivity index (χ2n) is 6.34. The Labute approximate surface area is 168 Å². The van der Waals surface area contributed by atoms with Gasteiger partial charge in [0.2, 0.25) is 0 Å². The monoisotopic (exact) mass is 388 g/mol. The van der Waals surface area contributed by atoms with Crippen LogP contribution in [0.3, 0.4) is 0 Å². The molecule has 2 heterocycles. The summed E-state index contributed by atoms with van der Waals surface area (Å²) in [4.78, 5) is 15.1. The molecule has 4 rings (SSSR count). The molecule has 0 unspecified atom stereocenters. The van der Waals surface area contributed by atoms with Crippen molar-refractivity contribution >= 4 is 11.3 Å². The fourth-order valence-electron chi connectivity index (χ4n) is 2.94.